The molecule has 0 aliphatic rings. The molecule has 0 aromatic rings. The van der Waals surface area contributed by atoms with E-state index < -0.39 is 0 Å². The zero-order valence-electron chi connectivity index (χ0n) is 14.0. The van der Waals surface area contributed by atoms with Gasteiger partial charge in [0.05, 0.1) is 6.10 Å². The predicted molar refractivity (Wildman–Crippen MR) is 85.0 cm³/mol. The van der Waals surface area contributed by atoms with Crippen molar-refractivity contribution < 1.29 is 5.11 Å². The summed E-state index contributed by atoms with van der Waals surface area (Å²) in [6.45, 7) is 8.94. The highest BCUT2D eigenvalue weighted by molar-refractivity contribution is 4.85. The van der Waals surface area contributed by atoms with Crippen LogP contribution < -0.4 is 0 Å². The Morgan fingerprint density at radius 3 is 1.68 bits per heavy atom. The van der Waals surface area contributed by atoms with Crippen molar-refractivity contribution in [2.45, 2.75) is 111 Å². The van der Waals surface area contributed by atoms with Crippen LogP contribution in [-0.4, -0.2) is 6.10 Å². The molecule has 0 aromatic carbocycles. The SMILES string of the molecule is CCCCCCC([O])C(CC)(CCCC)CCCC. The lowest BCUT2D eigenvalue weighted by Crippen LogP contribution is -2.34. The molecule has 0 saturated carbocycles. The summed E-state index contributed by atoms with van der Waals surface area (Å²) < 4.78 is 0. The third-order valence-corrected chi connectivity index (χ3v) is 4.76. The minimum Gasteiger partial charge on any atom is -0.233 e. The van der Waals surface area contributed by atoms with E-state index in [4.69, 9.17) is 0 Å². The second-order valence-electron chi connectivity index (χ2n) is 6.26. The van der Waals surface area contributed by atoms with E-state index in [2.05, 4.69) is 27.7 Å². The van der Waals surface area contributed by atoms with Crippen LogP contribution in [0.25, 0.3) is 0 Å². The molecule has 0 N–H and O–H groups in total. The fourth-order valence-electron chi connectivity index (χ4n) is 3.15. The summed E-state index contributed by atoms with van der Waals surface area (Å²) in [4.78, 5) is 0. The fraction of sp³-hybridized carbons (Fsp3) is 1.00. The van der Waals surface area contributed by atoms with Crippen LogP contribution in [0.1, 0.15) is 105 Å². The first kappa shape index (κ1) is 19.0. The van der Waals surface area contributed by atoms with Gasteiger partial charge in [-0.25, -0.2) is 5.11 Å². The van der Waals surface area contributed by atoms with Gasteiger partial charge in [-0.2, -0.15) is 0 Å². The standard InChI is InChI=1S/C18H37O/c1-5-9-12-13-14-17(19)18(8-4,15-10-6-2)16-11-7-3/h17H,5-16H2,1-4H3. The zero-order valence-corrected chi connectivity index (χ0v) is 14.0. The Hall–Kier alpha value is -0.0400. The first-order valence-electron chi connectivity index (χ1n) is 8.82. The molecule has 115 valence electrons. The Morgan fingerprint density at radius 2 is 1.26 bits per heavy atom. The summed E-state index contributed by atoms with van der Waals surface area (Å²) in [6, 6.07) is 0. The molecule has 0 bridgehead atoms. The highest BCUT2D eigenvalue weighted by Gasteiger charge is 2.35. The molecular formula is C18H37O. The van der Waals surface area contributed by atoms with Crippen LogP contribution in [-0.2, 0) is 5.11 Å². The van der Waals surface area contributed by atoms with E-state index in [1.165, 1.54) is 44.9 Å². The van der Waals surface area contributed by atoms with E-state index in [0.717, 1.165) is 32.1 Å². The topological polar surface area (TPSA) is 19.9 Å². The third-order valence-electron chi connectivity index (χ3n) is 4.76. The maximum Gasteiger partial charge on any atom is 0.0985 e. The first-order valence-corrected chi connectivity index (χ1v) is 8.82. The van der Waals surface area contributed by atoms with Crippen LogP contribution in [0.15, 0.2) is 0 Å². The Morgan fingerprint density at radius 1 is 0.737 bits per heavy atom. The van der Waals surface area contributed by atoms with Gasteiger partial charge in [0.1, 0.15) is 0 Å². The van der Waals surface area contributed by atoms with Gasteiger partial charge in [-0.05, 0) is 31.1 Å². The Balaban J connectivity index is 4.40. The highest BCUT2D eigenvalue weighted by Crippen LogP contribution is 2.40. The molecule has 0 fully saturated rings. The van der Waals surface area contributed by atoms with Crippen molar-refractivity contribution in [1.82, 2.24) is 0 Å². The van der Waals surface area contributed by atoms with Crippen molar-refractivity contribution in [2.75, 3.05) is 0 Å². The lowest BCUT2D eigenvalue weighted by atomic mass is 9.70. The van der Waals surface area contributed by atoms with Gasteiger partial charge in [-0.1, -0.05) is 79.1 Å². The van der Waals surface area contributed by atoms with Gasteiger partial charge in [-0.3, -0.25) is 0 Å². The Labute approximate surface area is 122 Å². The van der Waals surface area contributed by atoms with Crippen LogP contribution >= 0.6 is 0 Å². The van der Waals surface area contributed by atoms with Crippen molar-refractivity contribution in [3.05, 3.63) is 0 Å². The minimum absolute atomic E-state index is 0.0955. The molecule has 0 aromatic heterocycles. The largest absolute Gasteiger partial charge is 0.233 e. The Kier molecular flexibility index (Phi) is 11.7. The smallest absolute Gasteiger partial charge is 0.0985 e. The van der Waals surface area contributed by atoms with Crippen molar-refractivity contribution in [2.24, 2.45) is 5.41 Å². The summed E-state index contributed by atoms with van der Waals surface area (Å²) in [5.41, 5.74) is 0.0955. The normalized spacial score (nSPS) is 13.7. The molecule has 1 unspecified atom stereocenters. The second kappa shape index (κ2) is 11.8. The van der Waals surface area contributed by atoms with Gasteiger partial charge >= 0.3 is 0 Å². The van der Waals surface area contributed by atoms with E-state index in [-0.39, 0.29) is 11.5 Å². The van der Waals surface area contributed by atoms with Crippen LogP contribution in [0.5, 0.6) is 0 Å². The second-order valence-corrected chi connectivity index (χ2v) is 6.26. The van der Waals surface area contributed by atoms with E-state index in [9.17, 15) is 5.11 Å². The molecule has 0 heterocycles. The van der Waals surface area contributed by atoms with Crippen molar-refractivity contribution >= 4 is 0 Å². The average molecular weight is 269 g/mol. The predicted octanol–water partition coefficient (Wildman–Crippen LogP) is 6.53. The number of hydrogen-bond donors (Lipinski definition) is 0. The van der Waals surface area contributed by atoms with Gasteiger partial charge in [0.25, 0.3) is 0 Å². The van der Waals surface area contributed by atoms with Crippen molar-refractivity contribution in [1.29, 1.82) is 0 Å². The molecule has 1 radical (unpaired) electrons. The molecule has 1 atom stereocenters. The van der Waals surface area contributed by atoms with Crippen LogP contribution in [0, 0.1) is 5.41 Å². The zero-order chi connectivity index (χ0) is 14.6. The van der Waals surface area contributed by atoms with E-state index in [0.29, 0.717) is 0 Å². The molecule has 0 aliphatic carbocycles. The minimum atomic E-state index is -0.326. The molecule has 0 saturated heterocycles. The summed E-state index contributed by atoms with van der Waals surface area (Å²) >= 11 is 0. The summed E-state index contributed by atoms with van der Waals surface area (Å²) in [7, 11) is 0. The monoisotopic (exact) mass is 269 g/mol. The van der Waals surface area contributed by atoms with Crippen LogP contribution in [0.4, 0.5) is 0 Å². The quantitative estimate of drug-likeness (QED) is 0.339. The number of rotatable bonds is 13. The van der Waals surface area contributed by atoms with E-state index in [1.807, 2.05) is 0 Å². The number of hydrogen-bond acceptors (Lipinski definition) is 0. The molecule has 0 rings (SSSR count). The summed E-state index contributed by atoms with van der Waals surface area (Å²) in [6.07, 6.45) is 13.8. The average Bonchev–Trinajstić information content (AvgIpc) is 2.44. The summed E-state index contributed by atoms with van der Waals surface area (Å²) in [5.74, 6) is 0. The maximum atomic E-state index is 12.8. The highest BCUT2D eigenvalue weighted by atomic mass is 16.3. The maximum absolute atomic E-state index is 12.8. The van der Waals surface area contributed by atoms with E-state index in [1.54, 1.807) is 0 Å². The molecule has 0 spiro atoms. The van der Waals surface area contributed by atoms with Crippen molar-refractivity contribution in [3.8, 4) is 0 Å². The Bertz CT molecular complexity index is 180. The van der Waals surface area contributed by atoms with Crippen LogP contribution in [0.2, 0.25) is 0 Å². The first-order chi connectivity index (χ1) is 9.16. The van der Waals surface area contributed by atoms with Gasteiger partial charge in [0.2, 0.25) is 0 Å². The van der Waals surface area contributed by atoms with E-state index >= 15 is 0 Å². The molecule has 19 heavy (non-hydrogen) atoms. The molecule has 1 nitrogen and oxygen atoms in total. The lowest BCUT2D eigenvalue weighted by Gasteiger charge is -2.37. The van der Waals surface area contributed by atoms with Crippen molar-refractivity contribution in [3.63, 3.8) is 0 Å². The lowest BCUT2D eigenvalue weighted by molar-refractivity contribution is -0.0504. The third kappa shape index (κ3) is 7.34. The molecule has 0 aliphatic heterocycles. The molecule has 0 amide bonds. The van der Waals surface area contributed by atoms with Gasteiger partial charge < -0.3 is 0 Å². The van der Waals surface area contributed by atoms with Gasteiger partial charge in [-0.15, -0.1) is 0 Å². The van der Waals surface area contributed by atoms with Crippen LogP contribution in [0.3, 0.4) is 0 Å². The number of unbranched alkanes of at least 4 members (excludes halogenated alkanes) is 5. The fourth-order valence-corrected chi connectivity index (χ4v) is 3.15. The molecular weight excluding hydrogens is 232 g/mol. The summed E-state index contributed by atoms with van der Waals surface area (Å²) in [5, 5.41) is 12.8. The van der Waals surface area contributed by atoms with Gasteiger partial charge in [0, 0.05) is 0 Å². The van der Waals surface area contributed by atoms with Gasteiger partial charge in [0.15, 0.2) is 0 Å². The molecule has 1 heteroatoms.